The van der Waals surface area contributed by atoms with Gasteiger partial charge in [0.2, 0.25) is 11.0 Å². The Morgan fingerprint density at radius 2 is 2.09 bits per heavy atom. The van der Waals surface area contributed by atoms with Crippen molar-refractivity contribution in [3.8, 4) is 0 Å². The number of carbonyl (C=O) groups excluding carboxylic acids is 1. The highest BCUT2D eigenvalue weighted by Crippen LogP contribution is 2.31. The minimum absolute atomic E-state index is 0.108. The molecular formula is C16H28N4OS2. The van der Waals surface area contributed by atoms with E-state index in [2.05, 4.69) is 34.3 Å². The highest BCUT2D eigenvalue weighted by molar-refractivity contribution is 8.02. The molecule has 1 aromatic rings. The number of thioether (sulfide) groups is 1. The number of aromatic nitrogens is 2. The first-order chi connectivity index (χ1) is 11.2. The van der Waals surface area contributed by atoms with E-state index < -0.39 is 0 Å². The molecule has 23 heavy (non-hydrogen) atoms. The molecule has 0 spiro atoms. The minimum Gasteiger partial charge on any atom is -0.360 e. The third-order valence-corrected chi connectivity index (χ3v) is 6.25. The van der Waals surface area contributed by atoms with E-state index >= 15 is 0 Å². The van der Waals surface area contributed by atoms with Crippen LogP contribution in [0, 0.1) is 0 Å². The molecule has 1 aliphatic rings. The molecule has 0 radical (unpaired) electrons. The van der Waals surface area contributed by atoms with Gasteiger partial charge >= 0.3 is 0 Å². The maximum Gasteiger partial charge on any atom is 0.236 e. The Balaban J connectivity index is 1.91. The van der Waals surface area contributed by atoms with Crippen LogP contribution in [-0.2, 0) is 4.79 Å². The van der Waals surface area contributed by atoms with Crippen molar-refractivity contribution >= 4 is 34.1 Å². The standard InChI is InChI=1S/C16H28N4OS2/c1-4-11-17-15-18-19-16(23-15)22-12(3)14(21)20(5-2)13-9-7-6-8-10-13/h12-13H,4-11H2,1-3H3,(H,17,18). The van der Waals surface area contributed by atoms with Gasteiger partial charge in [0.1, 0.15) is 0 Å². The Bertz CT molecular complexity index is 488. The van der Waals surface area contributed by atoms with Crippen molar-refractivity contribution in [2.75, 3.05) is 18.4 Å². The van der Waals surface area contributed by atoms with Crippen molar-refractivity contribution in [1.82, 2.24) is 15.1 Å². The molecule has 1 saturated carbocycles. The van der Waals surface area contributed by atoms with Gasteiger partial charge in [-0.15, -0.1) is 10.2 Å². The Kier molecular flexibility index (Phi) is 7.62. The monoisotopic (exact) mass is 356 g/mol. The summed E-state index contributed by atoms with van der Waals surface area (Å²) in [6.45, 7) is 7.89. The Hall–Kier alpha value is -0.820. The number of amides is 1. The molecule has 5 nitrogen and oxygen atoms in total. The third kappa shape index (κ3) is 5.35. The number of nitrogens with one attached hydrogen (secondary N) is 1. The molecule has 7 heteroatoms. The van der Waals surface area contributed by atoms with Gasteiger partial charge in [0.25, 0.3) is 0 Å². The molecule has 1 amide bonds. The van der Waals surface area contributed by atoms with E-state index in [4.69, 9.17) is 0 Å². The topological polar surface area (TPSA) is 58.1 Å². The summed E-state index contributed by atoms with van der Waals surface area (Å²) in [6, 6.07) is 0.431. The fourth-order valence-corrected chi connectivity index (χ4v) is 4.97. The van der Waals surface area contributed by atoms with Crippen LogP contribution in [0.25, 0.3) is 0 Å². The molecule has 1 atom stereocenters. The summed E-state index contributed by atoms with van der Waals surface area (Å²) < 4.78 is 0.865. The minimum atomic E-state index is -0.108. The second kappa shape index (κ2) is 9.47. The predicted octanol–water partition coefficient (Wildman–Crippen LogP) is 4.02. The zero-order valence-corrected chi connectivity index (χ0v) is 16.0. The van der Waals surface area contributed by atoms with Gasteiger partial charge in [-0.05, 0) is 33.1 Å². The molecule has 0 bridgehead atoms. The van der Waals surface area contributed by atoms with Crippen molar-refractivity contribution in [3.05, 3.63) is 0 Å². The maximum absolute atomic E-state index is 12.8. The molecule has 0 aromatic carbocycles. The number of anilines is 1. The molecule has 1 fully saturated rings. The van der Waals surface area contributed by atoms with Gasteiger partial charge in [-0.1, -0.05) is 49.3 Å². The van der Waals surface area contributed by atoms with Gasteiger partial charge in [-0.3, -0.25) is 4.79 Å². The van der Waals surface area contributed by atoms with Crippen LogP contribution in [0.5, 0.6) is 0 Å². The zero-order chi connectivity index (χ0) is 16.7. The van der Waals surface area contributed by atoms with E-state index in [1.807, 2.05) is 6.92 Å². The smallest absolute Gasteiger partial charge is 0.236 e. The first-order valence-electron chi connectivity index (χ1n) is 8.70. The molecule has 1 aliphatic carbocycles. The molecule has 0 saturated heterocycles. The summed E-state index contributed by atoms with van der Waals surface area (Å²) in [5.41, 5.74) is 0. The van der Waals surface area contributed by atoms with E-state index in [1.165, 1.54) is 42.4 Å². The summed E-state index contributed by atoms with van der Waals surface area (Å²) in [5, 5.41) is 12.3. The summed E-state index contributed by atoms with van der Waals surface area (Å²) in [6.07, 6.45) is 7.17. The van der Waals surface area contributed by atoms with Crippen molar-refractivity contribution in [1.29, 1.82) is 0 Å². The number of rotatable bonds is 8. The predicted molar refractivity (Wildman–Crippen MR) is 98.3 cm³/mol. The van der Waals surface area contributed by atoms with Crippen LogP contribution in [0.15, 0.2) is 4.34 Å². The van der Waals surface area contributed by atoms with Crippen LogP contribution in [0.1, 0.15) is 59.3 Å². The summed E-state index contributed by atoms with van der Waals surface area (Å²) >= 11 is 3.06. The van der Waals surface area contributed by atoms with Crippen LogP contribution < -0.4 is 5.32 Å². The molecule has 1 N–H and O–H groups in total. The van der Waals surface area contributed by atoms with Crippen LogP contribution >= 0.6 is 23.1 Å². The SMILES string of the molecule is CCCNc1nnc(SC(C)C(=O)N(CC)C2CCCCC2)s1. The second-order valence-corrected chi connectivity index (χ2v) is 8.54. The fourth-order valence-electron chi connectivity index (χ4n) is 2.98. The van der Waals surface area contributed by atoms with E-state index in [0.29, 0.717) is 6.04 Å². The average Bonchev–Trinajstić information content (AvgIpc) is 3.02. The molecular weight excluding hydrogens is 328 g/mol. The maximum atomic E-state index is 12.8. The Labute approximate surface area is 147 Å². The molecule has 2 rings (SSSR count). The highest BCUT2D eigenvalue weighted by atomic mass is 32.2. The van der Waals surface area contributed by atoms with Gasteiger partial charge in [0, 0.05) is 19.1 Å². The number of carbonyl (C=O) groups is 1. The van der Waals surface area contributed by atoms with Crippen molar-refractivity contribution in [3.63, 3.8) is 0 Å². The molecule has 1 aromatic heterocycles. The van der Waals surface area contributed by atoms with Crippen LogP contribution in [0.2, 0.25) is 0 Å². The van der Waals surface area contributed by atoms with Gasteiger partial charge < -0.3 is 10.2 Å². The van der Waals surface area contributed by atoms with Gasteiger partial charge in [-0.25, -0.2) is 0 Å². The van der Waals surface area contributed by atoms with Gasteiger partial charge in [0.15, 0.2) is 4.34 Å². The van der Waals surface area contributed by atoms with Gasteiger partial charge in [-0.2, -0.15) is 0 Å². The summed E-state index contributed by atoms with van der Waals surface area (Å²) in [4.78, 5) is 14.9. The fraction of sp³-hybridized carbons (Fsp3) is 0.812. The van der Waals surface area contributed by atoms with E-state index in [0.717, 1.165) is 41.8 Å². The zero-order valence-electron chi connectivity index (χ0n) is 14.4. The number of hydrogen-bond acceptors (Lipinski definition) is 6. The first-order valence-corrected chi connectivity index (χ1v) is 10.4. The summed E-state index contributed by atoms with van der Waals surface area (Å²) in [5.74, 6) is 0.239. The quantitative estimate of drug-likeness (QED) is 0.713. The van der Waals surface area contributed by atoms with Crippen LogP contribution in [0.3, 0.4) is 0 Å². The van der Waals surface area contributed by atoms with E-state index in [-0.39, 0.29) is 11.2 Å². The van der Waals surface area contributed by atoms with E-state index in [9.17, 15) is 4.79 Å². The molecule has 1 heterocycles. The lowest BCUT2D eigenvalue weighted by molar-refractivity contribution is -0.133. The van der Waals surface area contributed by atoms with Gasteiger partial charge in [0.05, 0.1) is 5.25 Å². The van der Waals surface area contributed by atoms with Crippen molar-refractivity contribution < 1.29 is 4.79 Å². The molecule has 1 unspecified atom stereocenters. The lowest BCUT2D eigenvalue weighted by Gasteiger charge is -2.35. The third-order valence-electron chi connectivity index (χ3n) is 4.20. The van der Waals surface area contributed by atoms with Crippen molar-refractivity contribution in [2.45, 2.75) is 74.9 Å². The molecule has 0 aliphatic heterocycles. The van der Waals surface area contributed by atoms with Crippen molar-refractivity contribution in [2.24, 2.45) is 0 Å². The summed E-state index contributed by atoms with van der Waals surface area (Å²) in [7, 11) is 0. The molecule has 130 valence electrons. The largest absolute Gasteiger partial charge is 0.360 e. The first kappa shape index (κ1) is 18.5. The number of hydrogen-bond donors (Lipinski definition) is 1. The second-order valence-electron chi connectivity index (χ2n) is 5.98. The number of nitrogens with zero attached hydrogens (tertiary/aromatic N) is 3. The Morgan fingerprint density at radius 1 is 1.35 bits per heavy atom. The lowest BCUT2D eigenvalue weighted by atomic mass is 9.94. The lowest BCUT2D eigenvalue weighted by Crippen LogP contribution is -2.44. The van der Waals surface area contributed by atoms with Crippen LogP contribution in [0.4, 0.5) is 5.13 Å². The Morgan fingerprint density at radius 3 is 2.74 bits per heavy atom. The average molecular weight is 357 g/mol. The highest BCUT2D eigenvalue weighted by Gasteiger charge is 2.28. The van der Waals surface area contributed by atoms with Crippen LogP contribution in [-0.4, -0.2) is 45.4 Å². The van der Waals surface area contributed by atoms with E-state index in [1.54, 1.807) is 0 Å². The normalized spacial score (nSPS) is 17.0.